The van der Waals surface area contributed by atoms with Crippen molar-refractivity contribution in [2.45, 2.75) is 63.5 Å². The van der Waals surface area contributed by atoms with Crippen LogP contribution in [0.3, 0.4) is 0 Å². The molecular formula is C16H30N2O. The second kappa shape index (κ2) is 7.05. The molecular weight excluding hydrogens is 236 g/mol. The first kappa shape index (κ1) is 13.8. The van der Waals surface area contributed by atoms with E-state index < -0.39 is 0 Å². The molecule has 0 aromatic heterocycles. The van der Waals surface area contributed by atoms with Crippen LogP contribution in [0, 0.1) is 5.92 Å². The van der Waals surface area contributed by atoms with Crippen LogP contribution < -0.4 is 5.32 Å². The van der Waals surface area contributed by atoms with E-state index in [2.05, 4.69) is 10.2 Å². The maximum Gasteiger partial charge on any atom is 0.0576 e. The zero-order valence-electron chi connectivity index (χ0n) is 12.3. The molecule has 3 nitrogen and oxygen atoms in total. The number of likely N-dealkylation sites (tertiary alicyclic amines) is 1. The Morgan fingerprint density at radius 3 is 2.89 bits per heavy atom. The van der Waals surface area contributed by atoms with Crippen molar-refractivity contribution in [2.24, 2.45) is 5.92 Å². The van der Waals surface area contributed by atoms with Gasteiger partial charge in [0.2, 0.25) is 0 Å². The fraction of sp³-hybridized carbons (Fsp3) is 1.00. The molecule has 0 amide bonds. The summed E-state index contributed by atoms with van der Waals surface area (Å²) in [5, 5.41) is 3.70. The number of hydrogen-bond donors (Lipinski definition) is 1. The number of hydrogen-bond acceptors (Lipinski definition) is 3. The average Bonchev–Trinajstić information content (AvgIpc) is 3.12. The number of ether oxygens (including phenoxy) is 1. The minimum Gasteiger partial charge on any atom is -0.378 e. The zero-order chi connectivity index (χ0) is 12.9. The van der Waals surface area contributed by atoms with Gasteiger partial charge >= 0.3 is 0 Å². The molecule has 3 rings (SSSR count). The normalized spacial score (nSPS) is 36.9. The van der Waals surface area contributed by atoms with Crippen LogP contribution in [0.2, 0.25) is 0 Å². The van der Waals surface area contributed by atoms with Gasteiger partial charge in [-0.15, -0.1) is 0 Å². The predicted molar refractivity (Wildman–Crippen MR) is 78.4 cm³/mol. The first-order valence-corrected chi connectivity index (χ1v) is 8.49. The summed E-state index contributed by atoms with van der Waals surface area (Å²) in [6, 6.07) is 0.820. The number of nitrogens with one attached hydrogen (secondary N) is 1. The highest BCUT2D eigenvalue weighted by Gasteiger charge is 2.28. The summed E-state index contributed by atoms with van der Waals surface area (Å²) < 4.78 is 5.72. The van der Waals surface area contributed by atoms with Gasteiger partial charge in [-0.1, -0.05) is 0 Å². The van der Waals surface area contributed by atoms with Crippen LogP contribution in [-0.2, 0) is 4.74 Å². The van der Waals surface area contributed by atoms with Gasteiger partial charge in [0.05, 0.1) is 6.10 Å². The SMILES string of the molecule is C1COC(CCCN2CCCC(C3CCCN3)C2)C1. The lowest BCUT2D eigenvalue weighted by Gasteiger charge is -2.36. The highest BCUT2D eigenvalue weighted by molar-refractivity contribution is 4.86. The molecule has 0 aliphatic carbocycles. The maximum absolute atomic E-state index is 5.72. The van der Waals surface area contributed by atoms with Crippen LogP contribution in [-0.4, -0.2) is 49.8 Å². The molecule has 19 heavy (non-hydrogen) atoms. The first-order chi connectivity index (χ1) is 9.42. The Kier molecular flexibility index (Phi) is 5.14. The largest absolute Gasteiger partial charge is 0.378 e. The highest BCUT2D eigenvalue weighted by Crippen LogP contribution is 2.25. The van der Waals surface area contributed by atoms with Crippen molar-refractivity contribution >= 4 is 0 Å². The van der Waals surface area contributed by atoms with Crippen LogP contribution in [0.1, 0.15) is 51.4 Å². The Morgan fingerprint density at radius 2 is 2.11 bits per heavy atom. The Labute approximate surface area is 118 Å². The molecule has 0 spiro atoms. The Morgan fingerprint density at radius 1 is 1.11 bits per heavy atom. The molecule has 3 aliphatic rings. The molecule has 3 heterocycles. The van der Waals surface area contributed by atoms with E-state index in [-0.39, 0.29) is 0 Å². The van der Waals surface area contributed by atoms with E-state index in [4.69, 9.17) is 4.74 Å². The third-order valence-electron chi connectivity index (χ3n) is 5.23. The quantitative estimate of drug-likeness (QED) is 0.827. The Bertz CT molecular complexity index is 259. The molecule has 1 N–H and O–H groups in total. The maximum atomic E-state index is 5.72. The average molecular weight is 266 g/mol. The van der Waals surface area contributed by atoms with Gasteiger partial charge in [0.25, 0.3) is 0 Å². The van der Waals surface area contributed by atoms with Gasteiger partial charge in [0, 0.05) is 19.2 Å². The minimum absolute atomic E-state index is 0.581. The summed E-state index contributed by atoms with van der Waals surface area (Å²) in [4.78, 5) is 2.71. The van der Waals surface area contributed by atoms with Crippen molar-refractivity contribution in [1.82, 2.24) is 10.2 Å². The second-order valence-electron chi connectivity index (χ2n) is 6.68. The lowest BCUT2D eigenvalue weighted by atomic mass is 9.89. The predicted octanol–water partition coefficient (Wildman–Crippen LogP) is 2.41. The van der Waals surface area contributed by atoms with E-state index in [1.54, 1.807) is 0 Å². The van der Waals surface area contributed by atoms with Crippen molar-refractivity contribution < 1.29 is 4.74 Å². The molecule has 3 aliphatic heterocycles. The lowest BCUT2D eigenvalue weighted by molar-refractivity contribution is 0.0934. The fourth-order valence-electron chi connectivity index (χ4n) is 4.15. The van der Waals surface area contributed by atoms with Crippen LogP contribution in [0.15, 0.2) is 0 Å². The number of nitrogens with zero attached hydrogens (tertiary/aromatic N) is 1. The van der Waals surface area contributed by atoms with Crippen LogP contribution in [0.4, 0.5) is 0 Å². The van der Waals surface area contributed by atoms with Gasteiger partial charge in [0.1, 0.15) is 0 Å². The summed E-state index contributed by atoms with van der Waals surface area (Å²) in [5.41, 5.74) is 0. The summed E-state index contributed by atoms with van der Waals surface area (Å²) >= 11 is 0. The third kappa shape index (κ3) is 3.93. The van der Waals surface area contributed by atoms with Crippen LogP contribution in [0.25, 0.3) is 0 Å². The number of rotatable bonds is 5. The highest BCUT2D eigenvalue weighted by atomic mass is 16.5. The standard InChI is InChI=1S/C16H30N2O/c1-8-16(17-9-1)14-5-2-10-18(13-14)11-3-6-15-7-4-12-19-15/h14-17H,1-13H2. The minimum atomic E-state index is 0.581. The lowest BCUT2D eigenvalue weighted by Crippen LogP contribution is -2.43. The Hall–Kier alpha value is -0.120. The van der Waals surface area contributed by atoms with E-state index in [0.29, 0.717) is 6.10 Å². The van der Waals surface area contributed by atoms with Gasteiger partial charge < -0.3 is 15.0 Å². The third-order valence-corrected chi connectivity index (χ3v) is 5.23. The summed E-state index contributed by atoms with van der Waals surface area (Å²) in [5.74, 6) is 0.916. The molecule has 0 aromatic carbocycles. The molecule has 0 radical (unpaired) electrons. The number of piperidine rings is 1. The molecule has 0 bridgehead atoms. The van der Waals surface area contributed by atoms with E-state index >= 15 is 0 Å². The van der Waals surface area contributed by atoms with Gasteiger partial charge in [-0.05, 0) is 76.9 Å². The smallest absolute Gasteiger partial charge is 0.0576 e. The van der Waals surface area contributed by atoms with Crippen molar-refractivity contribution in [3.63, 3.8) is 0 Å². The zero-order valence-corrected chi connectivity index (χ0v) is 12.3. The van der Waals surface area contributed by atoms with E-state index in [9.17, 15) is 0 Å². The van der Waals surface area contributed by atoms with Crippen molar-refractivity contribution in [1.29, 1.82) is 0 Å². The fourth-order valence-corrected chi connectivity index (χ4v) is 4.15. The van der Waals surface area contributed by atoms with Crippen LogP contribution in [0.5, 0.6) is 0 Å². The van der Waals surface area contributed by atoms with Gasteiger partial charge in [-0.2, -0.15) is 0 Å². The molecule has 3 heteroatoms. The topological polar surface area (TPSA) is 24.5 Å². The summed E-state index contributed by atoms with van der Waals surface area (Å²) in [6.07, 6.45) is 11.4. The monoisotopic (exact) mass is 266 g/mol. The molecule has 3 fully saturated rings. The van der Waals surface area contributed by atoms with Gasteiger partial charge in [0.15, 0.2) is 0 Å². The second-order valence-corrected chi connectivity index (χ2v) is 6.68. The first-order valence-electron chi connectivity index (χ1n) is 8.49. The van der Waals surface area contributed by atoms with E-state index in [1.165, 1.54) is 77.5 Å². The van der Waals surface area contributed by atoms with Crippen LogP contribution >= 0.6 is 0 Å². The molecule has 3 unspecified atom stereocenters. The summed E-state index contributed by atoms with van der Waals surface area (Å²) in [7, 11) is 0. The molecule has 0 aromatic rings. The van der Waals surface area contributed by atoms with Crippen molar-refractivity contribution in [2.75, 3.05) is 32.8 Å². The summed E-state index contributed by atoms with van der Waals surface area (Å²) in [6.45, 7) is 6.21. The van der Waals surface area contributed by atoms with Crippen molar-refractivity contribution in [3.8, 4) is 0 Å². The van der Waals surface area contributed by atoms with E-state index in [0.717, 1.165) is 18.6 Å². The van der Waals surface area contributed by atoms with Crippen molar-refractivity contribution in [3.05, 3.63) is 0 Å². The molecule has 3 atom stereocenters. The van der Waals surface area contributed by atoms with Gasteiger partial charge in [-0.3, -0.25) is 0 Å². The molecule has 0 saturated carbocycles. The van der Waals surface area contributed by atoms with Gasteiger partial charge in [-0.25, -0.2) is 0 Å². The molecule has 3 saturated heterocycles. The van der Waals surface area contributed by atoms with E-state index in [1.807, 2.05) is 0 Å². The molecule has 110 valence electrons. The Balaban J connectivity index is 1.35.